The summed E-state index contributed by atoms with van der Waals surface area (Å²) in [6.07, 6.45) is 35.3. The van der Waals surface area contributed by atoms with E-state index in [4.69, 9.17) is 9.26 Å². The second kappa shape index (κ2) is 33.6. The molecule has 0 aliphatic carbocycles. The second-order valence-electron chi connectivity index (χ2n) is 12.4. The monoisotopic (exact) mass is 727 g/mol. The maximum atomic E-state index is 12.2. The lowest BCUT2D eigenvalue weighted by atomic mass is 10.1. The van der Waals surface area contributed by atoms with E-state index in [0.717, 1.165) is 77.0 Å². The van der Waals surface area contributed by atoms with Gasteiger partial charge in [-0.25, -0.2) is 9.36 Å². The SMILES string of the molecule is CCCCC/C=C\C/C=C\C/C=C\C/C=C\CCCCCCCCCC(=O)NC(COP(=O)(O)OCC(O)COC(=O)CCCCC)C(=O)O. The maximum absolute atomic E-state index is 12.2. The summed E-state index contributed by atoms with van der Waals surface area (Å²) in [5, 5.41) is 21.5. The number of allylic oxidation sites excluding steroid dienone is 8. The summed E-state index contributed by atoms with van der Waals surface area (Å²) in [6.45, 7) is 2.31. The molecular formula is C38H66NO10P. The van der Waals surface area contributed by atoms with Crippen molar-refractivity contribution in [2.24, 2.45) is 0 Å². The minimum absolute atomic E-state index is 0.131. The van der Waals surface area contributed by atoms with Crippen molar-refractivity contribution in [1.82, 2.24) is 5.32 Å². The van der Waals surface area contributed by atoms with E-state index in [-0.39, 0.29) is 12.8 Å². The quantitative estimate of drug-likeness (QED) is 0.0218. The molecule has 3 unspecified atom stereocenters. The molecule has 0 fully saturated rings. The lowest BCUT2D eigenvalue weighted by molar-refractivity contribution is -0.147. The number of carbonyl (C=O) groups excluding carboxylic acids is 2. The van der Waals surface area contributed by atoms with Crippen molar-refractivity contribution in [2.45, 2.75) is 154 Å². The van der Waals surface area contributed by atoms with Crippen LogP contribution in [0.5, 0.6) is 0 Å². The molecule has 0 saturated carbocycles. The van der Waals surface area contributed by atoms with Crippen molar-refractivity contribution < 1.29 is 47.8 Å². The van der Waals surface area contributed by atoms with Gasteiger partial charge in [0.1, 0.15) is 12.7 Å². The summed E-state index contributed by atoms with van der Waals surface area (Å²) < 4.78 is 26.4. The van der Waals surface area contributed by atoms with Crippen LogP contribution in [0.1, 0.15) is 142 Å². The fraction of sp³-hybridized carbons (Fsp3) is 0.711. The highest BCUT2D eigenvalue weighted by molar-refractivity contribution is 7.47. The fourth-order valence-corrected chi connectivity index (χ4v) is 5.42. The van der Waals surface area contributed by atoms with Gasteiger partial charge in [-0.3, -0.25) is 18.6 Å². The Labute approximate surface area is 301 Å². The molecule has 0 heterocycles. The van der Waals surface area contributed by atoms with Crippen molar-refractivity contribution >= 4 is 25.7 Å². The Morgan fingerprint density at radius 1 is 0.640 bits per heavy atom. The van der Waals surface area contributed by atoms with Crippen molar-refractivity contribution in [1.29, 1.82) is 0 Å². The number of unbranched alkanes of at least 4 members (excludes halogenated alkanes) is 12. The topological polar surface area (TPSA) is 169 Å². The Kier molecular flexibility index (Phi) is 31.9. The predicted molar refractivity (Wildman–Crippen MR) is 199 cm³/mol. The maximum Gasteiger partial charge on any atom is 0.472 e. The average molecular weight is 728 g/mol. The number of carbonyl (C=O) groups is 3. The van der Waals surface area contributed by atoms with Crippen LogP contribution in [0.15, 0.2) is 48.6 Å². The lowest BCUT2D eigenvalue weighted by Crippen LogP contribution is -2.43. The van der Waals surface area contributed by atoms with Crippen molar-refractivity contribution in [2.75, 3.05) is 19.8 Å². The van der Waals surface area contributed by atoms with Gasteiger partial charge in [0, 0.05) is 12.8 Å². The largest absolute Gasteiger partial charge is 0.480 e. The van der Waals surface area contributed by atoms with Crippen molar-refractivity contribution in [3.8, 4) is 0 Å². The van der Waals surface area contributed by atoms with Gasteiger partial charge in [-0.2, -0.15) is 0 Å². The van der Waals surface area contributed by atoms with Crippen LogP contribution >= 0.6 is 7.82 Å². The zero-order valence-corrected chi connectivity index (χ0v) is 31.6. The van der Waals surface area contributed by atoms with Crippen LogP contribution in [0.2, 0.25) is 0 Å². The standard InChI is InChI=1S/C38H66NO10P/c1-3-5-7-8-9-10-11-12-13-14-15-16-17-18-19-20-21-22-23-24-25-26-28-29-36(41)39-35(38(43)44)33-49-50(45,46)48-32-34(40)31-47-37(42)30-27-6-4-2/h9-10,12-13,15-16,18-19,34-35,40H,3-8,11,14,17,20-33H2,1-2H3,(H,39,41)(H,43,44)(H,45,46)/b10-9-,13-12-,16-15-,19-18-. The molecule has 0 rings (SSSR count). The molecule has 0 aliphatic rings. The van der Waals surface area contributed by atoms with Crippen LogP contribution in [0.4, 0.5) is 0 Å². The van der Waals surface area contributed by atoms with Crippen LogP contribution in [0.25, 0.3) is 0 Å². The first-order valence-corrected chi connectivity index (χ1v) is 20.2. The molecule has 0 radical (unpaired) electrons. The molecule has 11 nitrogen and oxygen atoms in total. The number of aliphatic carboxylic acids is 1. The van der Waals surface area contributed by atoms with E-state index in [1.54, 1.807) is 0 Å². The Morgan fingerprint density at radius 3 is 1.66 bits per heavy atom. The third-order valence-electron chi connectivity index (χ3n) is 7.62. The molecule has 4 N–H and O–H groups in total. The molecule has 0 saturated heterocycles. The first-order chi connectivity index (χ1) is 24.1. The number of nitrogens with one attached hydrogen (secondary N) is 1. The van der Waals surface area contributed by atoms with Crippen molar-refractivity contribution in [3.05, 3.63) is 48.6 Å². The highest BCUT2D eigenvalue weighted by atomic mass is 31.2. The van der Waals surface area contributed by atoms with Gasteiger partial charge >= 0.3 is 19.8 Å². The van der Waals surface area contributed by atoms with Crippen LogP contribution < -0.4 is 5.32 Å². The highest BCUT2D eigenvalue weighted by Crippen LogP contribution is 2.43. The minimum Gasteiger partial charge on any atom is -0.480 e. The molecule has 0 aromatic rings. The number of hydrogen-bond donors (Lipinski definition) is 4. The Bertz CT molecular complexity index is 1040. The van der Waals surface area contributed by atoms with Crippen LogP contribution in [0, 0.1) is 0 Å². The number of carboxylic acid groups (broad SMARTS) is 1. The minimum atomic E-state index is -4.74. The van der Waals surface area contributed by atoms with Crippen LogP contribution in [0.3, 0.4) is 0 Å². The Morgan fingerprint density at radius 2 is 1.10 bits per heavy atom. The molecule has 3 atom stereocenters. The zero-order chi connectivity index (χ0) is 37.1. The molecule has 288 valence electrons. The van der Waals surface area contributed by atoms with Gasteiger partial charge in [0.15, 0.2) is 6.04 Å². The summed E-state index contributed by atoms with van der Waals surface area (Å²) in [6, 6.07) is -1.55. The van der Waals surface area contributed by atoms with E-state index in [0.29, 0.717) is 12.8 Å². The number of rotatable bonds is 34. The number of phosphoric acid groups is 1. The van der Waals surface area contributed by atoms with Crippen LogP contribution in [-0.2, 0) is 32.7 Å². The molecule has 50 heavy (non-hydrogen) atoms. The molecule has 0 aliphatic heterocycles. The first-order valence-electron chi connectivity index (χ1n) is 18.7. The summed E-state index contributed by atoms with van der Waals surface area (Å²) in [5.74, 6) is -2.42. The number of carboxylic acids is 1. The normalized spacial score (nSPS) is 14.5. The number of esters is 1. The predicted octanol–water partition coefficient (Wildman–Crippen LogP) is 8.66. The summed E-state index contributed by atoms with van der Waals surface area (Å²) in [5.41, 5.74) is 0. The lowest BCUT2D eigenvalue weighted by Gasteiger charge is -2.18. The number of amides is 1. The average Bonchev–Trinajstić information content (AvgIpc) is 3.08. The summed E-state index contributed by atoms with van der Waals surface area (Å²) >= 11 is 0. The smallest absolute Gasteiger partial charge is 0.472 e. The van der Waals surface area contributed by atoms with Crippen LogP contribution in [-0.4, -0.2) is 64.9 Å². The third kappa shape index (κ3) is 32.6. The molecular weight excluding hydrogens is 661 g/mol. The molecule has 12 heteroatoms. The Hall–Kier alpha value is -2.56. The van der Waals surface area contributed by atoms with E-state index < -0.39 is 57.6 Å². The number of phosphoric ester groups is 1. The van der Waals surface area contributed by atoms with Gasteiger partial charge in [-0.05, 0) is 57.8 Å². The zero-order valence-electron chi connectivity index (χ0n) is 30.7. The van der Waals surface area contributed by atoms with E-state index in [1.807, 2.05) is 6.92 Å². The number of aliphatic hydroxyl groups excluding tert-OH is 1. The van der Waals surface area contributed by atoms with Gasteiger partial charge in [-0.15, -0.1) is 0 Å². The van der Waals surface area contributed by atoms with Gasteiger partial charge < -0.3 is 25.2 Å². The molecule has 0 bridgehead atoms. The summed E-state index contributed by atoms with van der Waals surface area (Å²) in [4.78, 5) is 45.2. The first kappa shape index (κ1) is 47.4. The second-order valence-corrected chi connectivity index (χ2v) is 13.9. The molecule has 0 aromatic carbocycles. The van der Waals surface area contributed by atoms with E-state index >= 15 is 0 Å². The number of ether oxygens (including phenoxy) is 1. The third-order valence-corrected chi connectivity index (χ3v) is 8.57. The number of aliphatic hydroxyl groups is 1. The molecule has 0 aromatic heterocycles. The van der Waals surface area contributed by atoms with Crippen molar-refractivity contribution in [3.63, 3.8) is 0 Å². The van der Waals surface area contributed by atoms with E-state index in [2.05, 4.69) is 65.4 Å². The number of hydrogen-bond acceptors (Lipinski definition) is 8. The van der Waals surface area contributed by atoms with Gasteiger partial charge in [-0.1, -0.05) is 120 Å². The van der Waals surface area contributed by atoms with Gasteiger partial charge in [0.05, 0.1) is 13.2 Å². The van der Waals surface area contributed by atoms with E-state index in [1.165, 1.54) is 25.7 Å². The summed E-state index contributed by atoms with van der Waals surface area (Å²) in [7, 11) is -4.74. The van der Waals surface area contributed by atoms with E-state index in [9.17, 15) is 34.1 Å². The Balaban J connectivity index is 3.91. The fourth-order valence-electron chi connectivity index (χ4n) is 4.65. The molecule has 0 spiro atoms. The highest BCUT2D eigenvalue weighted by Gasteiger charge is 2.28. The van der Waals surface area contributed by atoms with Gasteiger partial charge in [0.2, 0.25) is 5.91 Å². The van der Waals surface area contributed by atoms with Gasteiger partial charge in [0.25, 0.3) is 0 Å². The molecule has 1 amide bonds.